The maximum Gasteiger partial charge on any atom is 0.0973 e. The molecule has 0 aromatic carbocycles. The summed E-state index contributed by atoms with van der Waals surface area (Å²) in [6.45, 7) is 41.5. The molecule has 0 saturated carbocycles. The second kappa shape index (κ2) is 48.3. The van der Waals surface area contributed by atoms with E-state index in [1.54, 1.807) is 11.0 Å². The van der Waals surface area contributed by atoms with E-state index in [0.29, 0.717) is 0 Å². The molecule has 0 rings (SSSR count). The lowest BCUT2D eigenvalue weighted by Crippen LogP contribution is -3.11. The van der Waals surface area contributed by atoms with E-state index in [4.69, 9.17) is 11.5 Å². The molecule has 0 amide bonds. The molecule has 268 valence electrons. The van der Waals surface area contributed by atoms with Gasteiger partial charge in [-0.25, -0.2) is 0 Å². The summed E-state index contributed by atoms with van der Waals surface area (Å²) in [7, 11) is 0. The zero-order valence-electron chi connectivity index (χ0n) is 28.5. The van der Waals surface area contributed by atoms with E-state index >= 15 is 0 Å². The first-order chi connectivity index (χ1) is 20.4. The Hall–Kier alpha value is -0.140. The van der Waals surface area contributed by atoms with E-state index in [9.17, 15) is 0 Å². The second-order valence-corrected chi connectivity index (χ2v) is 11.2. The molecule has 6 nitrogen and oxygen atoms in total. The van der Waals surface area contributed by atoms with Crippen LogP contribution in [0.2, 0.25) is 0 Å². The highest BCUT2D eigenvalue weighted by Gasteiger charge is 2.25. The van der Waals surface area contributed by atoms with Gasteiger partial charge in [0, 0.05) is 24.6 Å². The third-order valence-corrected chi connectivity index (χ3v) is 7.27. The number of rotatable bonds is 29. The maximum absolute atomic E-state index is 5.32. The van der Waals surface area contributed by atoms with Crippen LogP contribution in [0.15, 0.2) is 88.6 Å². The molecule has 0 aliphatic rings. The quantitative estimate of drug-likeness (QED) is 0.0225. The Morgan fingerprint density at radius 3 is 1.31 bits per heavy atom. The Morgan fingerprint density at radius 1 is 0.533 bits per heavy atom. The normalized spacial score (nSPS) is 9.89. The number of alkyl halides is 1. The van der Waals surface area contributed by atoms with Gasteiger partial charge in [-0.05, 0) is 81.9 Å². The number of nitrogens with two attached hydrogens (primary N) is 2. The number of hydrogen-bond donors (Lipinski definition) is 5. The lowest BCUT2D eigenvalue weighted by atomic mass is 10.2. The molecule has 0 saturated heterocycles. The number of quaternary nitrogens is 3. The fourth-order valence-electron chi connectivity index (χ4n) is 4.72. The van der Waals surface area contributed by atoms with Crippen molar-refractivity contribution in [3.05, 3.63) is 88.6 Å². The SMILES string of the molecule is C=CCBr.C=CC[NH+](CC=C)CCCC[N+](CC=C)(CC=C)CCC[NH+](CC=C)CC=C.NCCCCNCCCN.[Br-].[Br-].[Br-]. The van der Waals surface area contributed by atoms with Crippen LogP contribution in [0, 0.1) is 0 Å². The van der Waals surface area contributed by atoms with Crippen LogP contribution in [0.4, 0.5) is 0 Å². The monoisotopic (exact) mass is 890 g/mol. The van der Waals surface area contributed by atoms with Crippen molar-refractivity contribution in [3.63, 3.8) is 0 Å². The molecule has 0 atom stereocenters. The lowest BCUT2D eigenvalue weighted by molar-refractivity contribution is -0.927. The fourth-order valence-corrected chi connectivity index (χ4v) is 4.72. The van der Waals surface area contributed by atoms with Crippen LogP contribution in [0.3, 0.4) is 0 Å². The minimum absolute atomic E-state index is 0. The molecule has 0 aromatic rings. The summed E-state index contributed by atoms with van der Waals surface area (Å²) in [5.41, 5.74) is 10.6. The second-order valence-electron chi connectivity index (χ2n) is 10.6. The lowest BCUT2D eigenvalue weighted by Gasteiger charge is -2.37. The van der Waals surface area contributed by atoms with Crippen molar-refractivity contribution in [1.82, 2.24) is 5.32 Å². The van der Waals surface area contributed by atoms with E-state index in [1.807, 2.05) is 24.3 Å². The Kier molecular flexibility index (Phi) is 61.3. The van der Waals surface area contributed by atoms with Gasteiger partial charge in [-0.3, -0.25) is 0 Å². The van der Waals surface area contributed by atoms with E-state index in [0.717, 1.165) is 94.6 Å². The van der Waals surface area contributed by atoms with Crippen LogP contribution in [-0.4, -0.2) is 101 Å². The standard InChI is InChI=1S/C25H44N3.C7H19N3.C3H5Br.3BrH/c1-7-16-26(17-8-2)20-13-14-24-28(22-11-5,23-12-6)25-15-21-27(18-9-3)19-10-4;8-4-1-2-6-10-7-3-5-9;1-2-3-4;;;/h7-12H,1-6,13-25H2;10H,1-9H2;2H,1,3H2;3*1H/q+1;;;;;/p-1. The van der Waals surface area contributed by atoms with E-state index in [1.165, 1.54) is 50.2 Å². The van der Waals surface area contributed by atoms with Gasteiger partial charge in [0.15, 0.2) is 0 Å². The molecule has 0 spiro atoms. The van der Waals surface area contributed by atoms with Gasteiger partial charge >= 0.3 is 0 Å². The summed E-state index contributed by atoms with van der Waals surface area (Å²) in [5.74, 6) is 0. The molecule has 0 fully saturated rings. The molecule has 7 N–H and O–H groups in total. The topological polar surface area (TPSA) is 73.0 Å². The summed E-state index contributed by atoms with van der Waals surface area (Å²) >= 11 is 3.13. The summed E-state index contributed by atoms with van der Waals surface area (Å²) < 4.78 is 1.07. The number of nitrogens with one attached hydrogen (secondary N) is 3. The number of unbranched alkanes of at least 4 members (excludes halogenated alkanes) is 2. The Balaban J connectivity index is -0.000000187. The Bertz CT molecular complexity index is 626. The zero-order valence-corrected chi connectivity index (χ0v) is 34.8. The zero-order chi connectivity index (χ0) is 32.2. The summed E-state index contributed by atoms with van der Waals surface area (Å²) in [5, 5.41) is 4.18. The molecule has 0 unspecified atom stereocenters. The van der Waals surface area contributed by atoms with E-state index in [2.05, 4.69) is 79.5 Å². The van der Waals surface area contributed by atoms with Crippen LogP contribution in [0.25, 0.3) is 0 Å². The van der Waals surface area contributed by atoms with Gasteiger partial charge < -0.3 is 82.0 Å². The van der Waals surface area contributed by atoms with Crippen molar-refractivity contribution in [1.29, 1.82) is 0 Å². The molecule has 45 heavy (non-hydrogen) atoms. The van der Waals surface area contributed by atoms with E-state index in [-0.39, 0.29) is 50.9 Å². The molecule has 0 radical (unpaired) electrons. The third-order valence-electron chi connectivity index (χ3n) is 6.81. The van der Waals surface area contributed by atoms with Crippen LogP contribution in [0.1, 0.15) is 38.5 Å². The predicted octanol–water partition coefficient (Wildman–Crippen LogP) is -5.90. The number of halogens is 4. The summed E-state index contributed by atoms with van der Waals surface area (Å²) in [4.78, 5) is 3.08. The first kappa shape index (κ1) is 57.1. The highest BCUT2D eigenvalue weighted by atomic mass is 79.9. The number of allylic oxidation sites excluding steroid dienone is 1. The molecule has 0 heterocycles. The summed E-state index contributed by atoms with van der Waals surface area (Å²) in [6.07, 6.45) is 21.0. The number of hydrogen-bond acceptors (Lipinski definition) is 3. The first-order valence-electron chi connectivity index (χ1n) is 15.9. The fraction of sp³-hybridized carbons (Fsp3) is 0.600. The van der Waals surface area contributed by atoms with Gasteiger partial charge in [-0.15, -0.1) is 6.58 Å². The molecule has 0 bridgehead atoms. The first-order valence-corrected chi connectivity index (χ1v) is 17.0. The molecular formula is C35H70Br4N6. The van der Waals surface area contributed by atoms with Gasteiger partial charge in [-0.1, -0.05) is 61.5 Å². The minimum Gasteiger partial charge on any atom is -1.00 e. The van der Waals surface area contributed by atoms with Gasteiger partial charge in [0.05, 0.1) is 65.4 Å². The molecular weight excluding hydrogens is 824 g/mol. The van der Waals surface area contributed by atoms with Crippen molar-refractivity contribution < 1.29 is 65.2 Å². The van der Waals surface area contributed by atoms with Crippen molar-refractivity contribution in [2.75, 3.05) is 97.0 Å². The molecule has 0 aliphatic heterocycles. The Morgan fingerprint density at radius 2 is 0.933 bits per heavy atom. The predicted molar refractivity (Wildman–Crippen MR) is 195 cm³/mol. The maximum atomic E-state index is 5.32. The van der Waals surface area contributed by atoms with Crippen LogP contribution < -0.4 is 77.5 Å². The van der Waals surface area contributed by atoms with Crippen molar-refractivity contribution in [2.45, 2.75) is 38.5 Å². The van der Waals surface area contributed by atoms with Gasteiger partial charge in [0.2, 0.25) is 0 Å². The van der Waals surface area contributed by atoms with Gasteiger partial charge in [0.25, 0.3) is 0 Å². The van der Waals surface area contributed by atoms with E-state index < -0.39 is 0 Å². The van der Waals surface area contributed by atoms with Crippen LogP contribution in [0.5, 0.6) is 0 Å². The highest BCUT2D eigenvalue weighted by Crippen LogP contribution is 2.11. The molecule has 0 aromatic heterocycles. The van der Waals surface area contributed by atoms with Crippen molar-refractivity contribution >= 4 is 15.9 Å². The minimum atomic E-state index is 0. The van der Waals surface area contributed by atoms with Crippen molar-refractivity contribution in [3.8, 4) is 0 Å². The van der Waals surface area contributed by atoms with Crippen LogP contribution >= 0.6 is 15.9 Å². The number of nitrogens with zero attached hydrogens (tertiary/aromatic N) is 1. The Labute approximate surface area is 319 Å². The van der Waals surface area contributed by atoms with Crippen molar-refractivity contribution in [2.24, 2.45) is 11.5 Å². The van der Waals surface area contributed by atoms with Gasteiger partial charge in [-0.2, -0.15) is 0 Å². The largest absolute Gasteiger partial charge is 1.00 e. The average molecular weight is 895 g/mol. The smallest absolute Gasteiger partial charge is 0.0973 e. The van der Waals surface area contributed by atoms with Gasteiger partial charge in [0.1, 0.15) is 0 Å². The average Bonchev–Trinajstić information content (AvgIpc) is 2.98. The summed E-state index contributed by atoms with van der Waals surface area (Å²) in [6, 6.07) is 0. The third kappa shape index (κ3) is 41.8. The van der Waals surface area contributed by atoms with Crippen LogP contribution in [-0.2, 0) is 0 Å². The highest BCUT2D eigenvalue weighted by molar-refractivity contribution is 9.09. The molecule has 0 aliphatic carbocycles. The molecule has 10 heteroatoms.